The molecule has 0 spiro atoms. The zero-order valence-electron chi connectivity index (χ0n) is 18.1. The first-order chi connectivity index (χ1) is 15.0. The number of aryl methyl sites for hydroxylation is 1. The maximum absolute atomic E-state index is 14.0. The summed E-state index contributed by atoms with van der Waals surface area (Å²) in [4.78, 5) is 15.1. The molecule has 1 fully saturated rings. The molecule has 1 aliphatic rings. The second-order valence-electron chi connectivity index (χ2n) is 8.34. The van der Waals surface area contributed by atoms with Crippen LogP contribution in [0.2, 0.25) is 0 Å². The van der Waals surface area contributed by atoms with Gasteiger partial charge in [-0.3, -0.25) is 4.79 Å². The highest BCUT2D eigenvalue weighted by Crippen LogP contribution is 2.27. The third-order valence-corrected chi connectivity index (χ3v) is 6.24. The molecule has 1 N–H and O–H groups in total. The fourth-order valence-corrected chi connectivity index (χ4v) is 4.40. The van der Waals surface area contributed by atoms with Crippen LogP contribution in [0.5, 0.6) is 0 Å². The molecule has 2 aromatic carbocycles. The number of anilines is 1. The predicted octanol–water partition coefficient (Wildman–Crippen LogP) is 4.85. The SMILES string of the molecule is Cc1ccccc1C(=O)Nc1ccnn1C1CCN([C@@H](C)Cc2ccccc2F)CC1. The minimum Gasteiger partial charge on any atom is -0.307 e. The van der Waals surface area contributed by atoms with E-state index in [2.05, 4.69) is 22.2 Å². The highest BCUT2D eigenvalue weighted by molar-refractivity contribution is 6.04. The first-order valence-electron chi connectivity index (χ1n) is 10.9. The van der Waals surface area contributed by atoms with Gasteiger partial charge in [0.1, 0.15) is 11.6 Å². The minimum absolute atomic E-state index is 0.115. The van der Waals surface area contributed by atoms with E-state index in [4.69, 9.17) is 0 Å². The molecule has 1 atom stereocenters. The topological polar surface area (TPSA) is 50.2 Å². The van der Waals surface area contributed by atoms with E-state index in [0.717, 1.165) is 42.9 Å². The van der Waals surface area contributed by atoms with E-state index >= 15 is 0 Å². The summed E-state index contributed by atoms with van der Waals surface area (Å²) >= 11 is 0. The molecule has 0 aliphatic carbocycles. The lowest BCUT2D eigenvalue weighted by Crippen LogP contribution is -2.41. The van der Waals surface area contributed by atoms with Crippen LogP contribution in [-0.4, -0.2) is 39.7 Å². The van der Waals surface area contributed by atoms with Gasteiger partial charge in [-0.15, -0.1) is 0 Å². The van der Waals surface area contributed by atoms with E-state index in [9.17, 15) is 9.18 Å². The maximum Gasteiger partial charge on any atom is 0.257 e. The van der Waals surface area contributed by atoms with Crippen molar-refractivity contribution in [1.29, 1.82) is 0 Å². The van der Waals surface area contributed by atoms with Crippen LogP contribution in [0.4, 0.5) is 10.2 Å². The Morgan fingerprint density at radius 2 is 1.84 bits per heavy atom. The van der Waals surface area contributed by atoms with Crippen molar-refractivity contribution in [3.05, 3.63) is 83.3 Å². The second-order valence-corrected chi connectivity index (χ2v) is 8.34. The van der Waals surface area contributed by atoms with Crippen molar-refractivity contribution in [1.82, 2.24) is 14.7 Å². The number of halogens is 1. The molecule has 1 saturated heterocycles. The van der Waals surface area contributed by atoms with Crippen LogP contribution in [0.25, 0.3) is 0 Å². The van der Waals surface area contributed by atoms with Crippen molar-refractivity contribution in [2.45, 2.75) is 45.2 Å². The standard InChI is InChI=1S/C25H29FN4O/c1-18-7-3-5-9-22(18)25(31)28-24-11-14-27-30(24)21-12-15-29(16-13-21)19(2)17-20-8-4-6-10-23(20)26/h3-11,14,19,21H,12-13,15-17H2,1-2H3,(H,28,31)/t19-/m0/s1. The number of piperidine rings is 1. The average Bonchev–Trinajstić information content (AvgIpc) is 3.23. The maximum atomic E-state index is 14.0. The van der Waals surface area contributed by atoms with E-state index in [-0.39, 0.29) is 23.8 Å². The van der Waals surface area contributed by atoms with E-state index in [1.54, 1.807) is 12.3 Å². The molecule has 2 heterocycles. The predicted molar refractivity (Wildman–Crippen MR) is 121 cm³/mol. The van der Waals surface area contributed by atoms with Gasteiger partial charge in [0.25, 0.3) is 5.91 Å². The molecule has 0 bridgehead atoms. The third kappa shape index (κ3) is 4.85. The molecule has 1 amide bonds. The molecular weight excluding hydrogens is 391 g/mol. The number of carbonyl (C=O) groups is 1. The lowest BCUT2D eigenvalue weighted by atomic mass is 10.00. The second kappa shape index (κ2) is 9.43. The van der Waals surface area contributed by atoms with Crippen LogP contribution in [-0.2, 0) is 6.42 Å². The van der Waals surface area contributed by atoms with E-state index < -0.39 is 0 Å². The summed E-state index contributed by atoms with van der Waals surface area (Å²) in [6.45, 7) is 5.94. The molecule has 3 aromatic rings. The largest absolute Gasteiger partial charge is 0.307 e. The normalized spacial score (nSPS) is 16.2. The molecule has 5 nitrogen and oxygen atoms in total. The molecule has 1 aromatic heterocycles. The van der Waals surface area contributed by atoms with E-state index in [1.807, 2.05) is 54.1 Å². The smallest absolute Gasteiger partial charge is 0.257 e. The molecular formula is C25H29FN4O. The van der Waals surface area contributed by atoms with Crippen LogP contribution in [0, 0.1) is 12.7 Å². The van der Waals surface area contributed by atoms with Crippen LogP contribution < -0.4 is 5.32 Å². The summed E-state index contributed by atoms with van der Waals surface area (Å²) in [6, 6.07) is 16.9. The van der Waals surface area contributed by atoms with Crippen molar-refractivity contribution < 1.29 is 9.18 Å². The lowest BCUT2D eigenvalue weighted by molar-refractivity contribution is 0.102. The van der Waals surface area contributed by atoms with Gasteiger partial charge in [-0.2, -0.15) is 5.10 Å². The summed E-state index contributed by atoms with van der Waals surface area (Å²) in [5, 5.41) is 7.52. The summed E-state index contributed by atoms with van der Waals surface area (Å²) < 4.78 is 15.9. The van der Waals surface area contributed by atoms with Crippen LogP contribution in [0.3, 0.4) is 0 Å². The Bertz CT molecular complexity index is 1040. The van der Waals surface area contributed by atoms with Gasteiger partial charge in [0.05, 0.1) is 12.2 Å². The molecule has 162 valence electrons. The first kappa shape index (κ1) is 21.2. The number of nitrogens with one attached hydrogen (secondary N) is 1. The van der Waals surface area contributed by atoms with Gasteiger partial charge in [0.15, 0.2) is 0 Å². The summed E-state index contributed by atoms with van der Waals surface area (Å²) in [7, 11) is 0. The Morgan fingerprint density at radius 1 is 1.13 bits per heavy atom. The molecule has 6 heteroatoms. The quantitative estimate of drug-likeness (QED) is 0.620. The Morgan fingerprint density at radius 3 is 2.58 bits per heavy atom. The summed E-state index contributed by atoms with van der Waals surface area (Å²) in [5.74, 6) is 0.483. The summed E-state index contributed by atoms with van der Waals surface area (Å²) in [5.41, 5.74) is 2.39. The Hall–Kier alpha value is -2.99. The van der Waals surface area contributed by atoms with Crippen molar-refractivity contribution in [2.24, 2.45) is 0 Å². The Labute approximate surface area is 182 Å². The zero-order chi connectivity index (χ0) is 21.8. The number of hydrogen-bond donors (Lipinski definition) is 1. The fourth-order valence-electron chi connectivity index (χ4n) is 4.40. The molecule has 0 saturated carbocycles. The van der Waals surface area contributed by atoms with Crippen LogP contribution in [0.1, 0.15) is 47.3 Å². The molecule has 1 aliphatic heterocycles. The number of rotatable bonds is 6. The van der Waals surface area contributed by atoms with Gasteiger partial charge in [0, 0.05) is 30.8 Å². The highest BCUT2D eigenvalue weighted by atomic mass is 19.1. The van der Waals surface area contributed by atoms with Crippen LogP contribution in [0.15, 0.2) is 60.8 Å². The van der Waals surface area contributed by atoms with Crippen molar-refractivity contribution in [3.8, 4) is 0 Å². The zero-order valence-corrected chi connectivity index (χ0v) is 18.1. The van der Waals surface area contributed by atoms with Gasteiger partial charge in [-0.1, -0.05) is 36.4 Å². The Balaban J connectivity index is 1.36. The average molecular weight is 421 g/mol. The first-order valence-corrected chi connectivity index (χ1v) is 10.9. The van der Waals surface area contributed by atoms with Crippen molar-refractivity contribution in [3.63, 3.8) is 0 Å². The lowest BCUT2D eigenvalue weighted by Gasteiger charge is -2.36. The Kier molecular flexibility index (Phi) is 6.47. The van der Waals surface area contributed by atoms with Gasteiger partial charge in [0.2, 0.25) is 0 Å². The summed E-state index contributed by atoms with van der Waals surface area (Å²) in [6.07, 6.45) is 4.32. The number of benzene rings is 2. The minimum atomic E-state index is -0.130. The van der Waals surface area contributed by atoms with Crippen molar-refractivity contribution in [2.75, 3.05) is 18.4 Å². The number of hydrogen-bond acceptors (Lipinski definition) is 3. The number of likely N-dealkylation sites (tertiary alicyclic amines) is 1. The van der Waals surface area contributed by atoms with Crippen molar-refractivity contribution >= 4 is 11.7 Å². The van der Waals surface area contributed by atoms with E-state index in [1.165, 1.54) is 6.07 Å². The number of aromatic nitrogens is 2. The molecule has 0 unspecified atom stereocenters. The van der Waals surface area contributed by atoms with Gasteiger partial charge < -0.3 is 10.2 Å². The van der Waals surface area contributed by atoms with Crippen LogP contribution >= 0.6 is 0 Å². The van der Waals surface area contributed by atoms with Gasteiger partial charge >= 0.3 is 0 Å². The van der Waals surface area contributed by atoms with Gasteiger partial charge in [-0.05, 0) is 56.4 Å². The molecule has 4 rings (SSSR count). The fraction of sp³-hybridized carbons (Fsp3) is 0.360. The number of nitrogens with zero attached hydrogens (tertiary/aromatic N) is 3. The highest BCUT2D eigenvalue weighted by Gasteiger charge is 2.26. The molecule has 0 radical (unpaired) electrons. The van der Waals surface area contributed by atoms with Gasteiger partial charge in [-0.25, -0.2) is 9.07 Å². The number of amides is 1. The molecule has 31 heavy (non-hydrogen) atoms. The third-order valence-electron chi connectivity index (χ3n) is 6.24. The monoisotopic (exact) mass is 420 g/mol. The van der Waals surface area contributed by atoms with E-state index in [0.29, 0.717) is 12.0 Å². The number of carbonyl (C=O) groups excluding carboxylic acids is 1.